The summed E-state index contributed by atoms with van der Waals surface area (Å²) in [5.41, 5.74) is 3.89. The van der Waals surface area contributed by atoms with Gasteiger partial charge in [0.05, 0.1) is 5.52 Å². The Morgan fingerprint density at radius 1 is 0.970 bits per heavy atom. The molecular weight excluding hydrogens is 416 g/mol. The zero-order valence-electron chi connectivity index (χ0n) is 18.2. The van der Waals surface area contributed by atoms with E-state index in [4.69, 9.17) is 0 Å². The molecule has 7 heteroatoms. The van der Waals surface area contributed by atoms with E-state index in [2.05, 4.69) is 20.5 Å². The van der Waals surface area contributed by atoms with Crippen LogP contribution < -0.4 is 5.32 Å². The molecule has 1 heterocycles. The highest BCUT2D eigenvalue weighted by molar-refractivity contribution is 6.05. The minimum atomic E-state index is -0.749. The molecule has 164 valence electrons. The number of carbonyl (C=O) groups is 2. The van der Waals surface area contributed by atoms with Crippen molar-refractivity contribution in [1.82, 2.24) is 10.3 Å². The highest BCUT2D eigenvalue weighted by Gasteiger charge is 2.17. The van der Waals surface area contributed by atoms with Crippen LogP contribution in [0.3, 0.4) is 0 Å². The average Bonchev–Trinajstić information content (AvgIpc) is 3.13. The fourth-order valence-corrected chi connectivity index (χ4v) is 3.53. The molecule has 0 saturated heterocycles. The second-order valence-corrected chi connectivity index (χ2v) is 7.62. The first kappa shape index (κ1) is 21.7. The molecule has 0 aliphatic heterocycles. The highest BCUT2D eigenvalue weighted by atomic mass is 16.3. The zero-order valence-corrected chi connectivity index (χ0v) is 18.2. The minimum Gasteiger partial charge on any atom is -0.493 e. The number of benzene rings is 3. The van der Waals surface area contributed by atoms with Crippen molar-refractivity contribution >= 4 is 34.5 Å². The summed E-state index contributed by atoms with van der Waals surface area (Å²) < 4.78 is 0. The number of hydrogen-bond acceptors (Lipinski definition) is 4. The van der Waals surface area contributed by atoms with E-state index < -0.39 is 11.8 Å². The van der Waals surface area contributed by atoms with Crippen LogP contribution in [0.4, 0.5) is 5.69 Å². The second kappa shape index (κ2) is 9.32. The summed E-state index contributed by atoms with van der Waals surface area (Å²) in [7, 11) is 0. The molecule has 0 unspecified atom stereocenters. The van der Waals surface area contributed by atoms with E-state index in [0.29, 0.717) is 16.5 Å². The van der Waals surface area contributed by atoms with Crippen LogP contribution in [0.5, 0.6) is 5.88 Å². The maximum absolute atomic E-state index is 13.0. The maximum atomic E-state index is 13.0. The molecule has 3 N–H and O–H groups in total. The van der Waals surface area contributed by atoms with Crippen LogP contribution in [0.1, 0.15) is 27.0 Å². The van der Waals surface area contributed by atoms with Crippen molar-refractivity contribution in [3.05, 3.63) is 101 Å². The van der Waals surface area contributed by atoms with Gasteiger partial charge in [-0.25, -0.2) is 0 Å². The van der Waals surface area contributed by atoms with Gasteiger partial charge in [0.15, 0.2) is 5.69 Å². The minimum absolute atomic E-state index is 0.0366. The summed E-state index contributed by atoms with van der Waals surface area (Å²) in [6.45, 7) is 3.85. The third-order valence-corrected chi connectivity index (χ3v) is 5.07. The van der Waals surface area contributed by atoms with Crippen LogP contribution in [0.2, 0.25) is 0 Å². The van der Waals surface area contributed by atoms with Gasteiger partial charge < -0.3 is 15.4 Å². The Balaban J connectivity index is 1.68. The SMILES string of the molecule is Cc1cc(C)c2[nH]c(O)c(N=NC(=O)C(=Cc3ccccc3)NC(=O)c3ccccc3)c2c1. The number of aromatic amines is 1. The van der Waals surface area contributed by atoms with Crippen molar-refractivity contribution in [3.8, 4) is 5.88 Å². The lowest BCUT2D eigenvalue weighted by Gasteiger charge is -2.07. The molecule has 3 aromatic carbocycles. The third kappa shape index (κ3) is 4.88. The number of azo groups is 1. The summed E-state index contributed by atoms with van der Waals surface area (Å²) in [6.07, 6.45) is 1.53. The van der Waals surface area contributed by atoms with Gasteiger partial charge in [0.2, 0.25) is 5.88 Å². The van der Waals surface area contributed by atoms with Crippen molar-refractivity contribution < 1.29 is 14.7 Å². The summed E-state index contributed by atoms with van der Waals surface area (Å²) >= 11 is 0. The van der Waals surface area contributed by atoms with E-state index >= 15 is 0 Å². The lowest BCUT2D eigenvalue weighted by atomic mass is 10.1. The molecule has 0 radical (unpaired) electrons. The first-order valence-electron chi connectivity index (χ1n) is 10.3. The number of aromatic hydroxyl groups is 1. The largest absolute Gasteiger partial charge is 0.493 e. The number of H-pyrrole nitrogens is 1. The third-order valence-electron chi connectivity index (χ3n) is 5.07. The molecule has 0 fully saturated rings. The van der Waals surface area contributed by atoms with Gasteiger partial charge in [-0.2, -0.15) is 0 Å². The summed E-state index contributed by atoms with van der Waals surface area (Å²) in [5.74, 6) is -1.37. The molecule has 0 aliphatic rings. The Bertz CT molecular complexity index is 1390. The molecule has 4 aromatic rings. The number of nitrogens with one attached hydrogen (secondary N) is 2. The van der Waals surface area contributed by atoms with E-state index in [1.165, 1.54) is 6.08 Å². The Hall–Kier alpha value is -4.52. The number of hydrogen-bond donors (Lipinski definition) is 3. The summed E-state index contributed by atoms with van der Waals surface area (Å²) in [4.78, 5) is 28.5. The van der Waals surface area contributed by atoms with E-state index in [0.717, 1.165) is 16.6 Å². The van der Waals surface area contributed by atoms with Crippen molar-refractivity contribution in [2.24, 2.45) is 10.2 Å². The number of nitrogens with zero attached hydrogens (tertiary/aromatic N) is 2. The summed E-state index contributed by atoms with van der Waals surface area (Å²) in [6, 6.07) is 21.5. The van der Waals surface area contributed by atoms with Gasteiger partial charge in [-0.15, -0.1) is 10.2 Å². The van der Waals surface area contributed by atoms with Gasteiger partial charge in [-0.3, -0.25) is 9.59 Å². The van der Waals surface area contributed by atoms with Crippen LogP contribution >= 0.6 is 0 Å². The lowest BCUT2D eigenvalue weighted by Crippen LogP contribution is -2.26. The van der Waals surface area contributed by atoms with Gasteiger partial charge in [-0.1, -0.05) is 60.2 Å². The van der Waals surface area contributed by atoms with E-state index in [9.17, 15) is 14.7 Å². The Morgan fingerprint density at radius 3 is 2.33 bits per heavy atom. The average molecular weight is 438 g/mol. The van der Waals surface area contributed by atoms with Gasteiger partial charge in [-0.05, 0) is 49.2 Å². The number of fused-ring (bicyclic) bond motifs is 1. The maximum Gasteiger partial charge on any atom is 0.311 e. The molecular formula is C26H22N4O3. The predicted octanol–water partition coefficient (Wildman–Crippen LogP) is 5.57. The zero-order chi connectivity index (χ0) is 23.4. The number of carbonyl (C=O) groups excluding carboxylic acids is 2. The lowest BCUT2D eigenvalue weighted by molar-refractivity contribution is -0.115. The van der Waals surface area contributed by atoms with E-state index in [1.807, 2.05) is 44.2 Å². The van der Waals surface area contributed by atoms with Gasteiger partial charge in [0.25, 0.3) is 5.91 Å². The van der Waals surface area contributed by atoms with Crippen molar-refractivity contribution in [2.75, 3.05) is 0 Å². The molecule has 1 aromatic heterocycles. The Kier molecular flexibility index (Phi) is 6.13. The van der Waals surface area contributed by atoms with Crippen molar-refractivity contribution in [3.63, 3.8) is 0 Å². The topological polar surface area (TPSA) is 107 Å². The van der Waals surface area contributed by atoms with Crippen molar-refractivity contribution in [2.45, 2.75) is 13.8 Å². The number of amides is 2. The fourth-order valence-electron chi connectivity index (χ4n) is 3.53. The van der Waals surface area contributed by atoms with Crippen LogP contribution in [-0.2, 0) is 4.79 Å². The van der Waals surface area contributed by atoms with Crippen LogP contribution in [0.15, 0.2) is 88.7 Å². The molecule has 0 aliphatic carbocycles. The monoisotopic (exact) mass is 438 g/mol. The number of aromatic nitrogens is 1. The molecule has 0 spiro atoms. The molecule has 7 nitrogen and oxygen atoms in total. The van der Waals surface area contributed by atoms with Crippen LogP contribution in [0, 0.1) is 13.8 Å². The van der Waals surface area contributed by atoms with Gasteiger partial charge >= 0.3 is 5.91 Å². The normalized spacial score (nSPS) is 11.8. The standard InChI is InChI=1S/C26H22N4O3/c1-16-13-17(2)22-20(14-16)23(26(33)28-22)29-30-25(32)21(15-18-9-5-3-6-10-18)27-24(31)19-11-7-4-8-12-19/h3-15,28,33H,1-2H3,(H,27,31). The fraction of sp³-hybridized carbons (Fsp3) is 0.0769. The molecule has 0 bridgehead atoms. The van der Waals surface area contributed by atoms with Gasteiger partial charge in [0.1, 0.15) is 5.70 Å². The van der Waals surface area contributed by atoms with E-state index in [-0.39, 0.29) is 17.3 Å². The van der Waals surface area contributed by atoms with Gasteiger partial charge in [0, 0.05) is 10.9 Å². The second-order valence-electron chi connectivity index (χ2n) is 7.62. The molecule has 2 amide bonds. The molecule has 0 atom stereocenters. The first-order chi connectivity index (χ1) is 15.9. The molecule has 33 heavy (non-hydrogen) atoms. The summed E-state index contributed by atoms with van der Waals surface area (Å²) in [5, 5.41) is 21.4. The number of rotatable bonds is 5. The number of aryl methyl sites for hydroxylation is 2. The Labute approximate surface area is 190 Å². The predicted molar refractivity (Wildman–Crippen MR) is 127 cm³/mol. The quantitative estimate of drug-likeness (QED) is 0.280. The molecule has 4 rings (SSSR count). The highest BCUT2D eigenvalue weighted by Crippen LogP contribution is 2.37. The van der Waals surface area contributed by atoms with E-state index in [1.54, 1.807) is 42.5 Å². The van der Waals surface area contributed by atoms with Crippen LogP contribution in [-0.4, -0.2) is 21.9 Å². The van der Waals surface area contributed by atoms with Crippen molar-refractivity contribution in [1.29, 1.82) is 0 Å². The Morgan fingerprint density at radius 2 is 1.64 bits per heavy atom. The smallest absolute Gasteiger partial charge is 0.311 e. The van der Waals surface area contributed by atoms with Crippen LogP contribution in [0.25, 0.3) is 17.0 Å². The molecule has 0 saturated carbocycles. The first-order valence-corrected chi connectivity index (χ1v) is 10.3.